The molecular weight excluding hydrogens is 255 g/mol. The number of anilines is 1. The molecule has 0 bridgehead atoms. The van der Waals surface area contributed by atoms with Crippen LogP contribution in [-0.2, 0) is 0 Å². The standard InChI is InChI=1S/C15H17FN4/c1-4-6-7-12(5-2)10-19(3)15-13(16)11-20-14(18-15)8-9-17-20/h4-9,11H,1,10H2,2-3H3/b7-6-,12-5+. The number of halogens is 1. The van der Waals surface area contributed by atoms with Crippen LogP contribution in [0.5, 0.6) is 0 Å². The highest BCUT2D eigenvalue weighted by Crippen LogP contribution is 2.17. The molecule has 0 saturated heterocycles. The zero-order chi connectivity index (χ0) is 14.5. The summed E-state index contributed by atoms with van der Waals surface area (Å²) in [6, 6.07) is 1.74. The highest BCUT2D eigenvalue weighted by molar-refractivity contribution is 5.49. The zero-order valence-corrected chi connectivity index (χ0v) is 11.6. The summed E-state index contributed by atoms with van der Waals surface area (Å²) in [5.74, 6) is -0.0868. The van der Waals surface area contributed by atoms with Gasteiger partial charge in [-0.3, -0.25) is 0 Å². The van der Waals surface area contributed by atoms with E-state index < -0.39 is 5.82 Å². The van der Waals surface area contributed by atoms with Crippen LogP contribution in [0.3, 0.4) is 0 Å². The highest BCUT2D eigenvalue weighted by Gasteiger charge is 2.12. The maximum Gasteiger partial charge on any atom is 0.184 e. The summed E-state index contributed by atoms with van der Waals surface area (Å²) < 4.78 is 15.5. The predicted octanol–water partition coefficient (Wildman–Crippen LogP) is 2.99. The Morgan fingerprint density at radius 1 is 1.55 bits per heavy atom. The Kier molecular flexibility index (Phi) is 4.30. The highest BCUT2D eigenvalue weighted by atomic mass is 19.1. The van der Waals surface area contributed by atoms with Crippen LogP contribution < -0.4 is 4.90 Å². The van der Waals surface area contributed by atoms with Crippen LogP contribution in [0.25, 0.3) is 5.65 Å². The molecular formula is C15H17FN4. The molecule has 0 aliphatic rings. The number of allylic oxidation sites excluding steroid dienone is 3. The SMILES string of the molecule is C=C/C=C\C(=C/C)CN(C)c1nc2ccnn2cc1F. The zero-order valence-electron chi connectivity index (χ0n) is 11.6. The van der Waals surface area contributed by atoms with Gasteiger partial charge in [0.2, 0.25) is 0 Å². The van der Waals surface area contributed by atoms with E-state index in [4.69, 9.17) is 0 Å². The van der Waals surface area contributed by atoms with Crippen molar-refractivity contribution < 1.29 is 4.39 Å². The molecule has 0 amide bonds. The topological polar surface area (TPSA) is 33.4 Å². The third kappa shape index (κ3) is 2.93. The van der Waals surface area contributed by atoms with E-state index >= 15 is 0 Å². The van der Waals surface area contributed by atoms with Crippen LogP contribution in [-0.4, -0.2) is 28.2 Å². The van der Waals surface area contributed by atoms with Gasteiger partial charge in [-0.25, -0.2) is 13.9 Å². The Morgan fingerprint density at radius 3 is 3.05 bits per heavy atom. The number of fused-ring (bicyclic) bond motifs is 1. The number of likely N-dealkylation sites (N-methyl/N-ethyl adjacent to an activating group) is 1. The number of nitrogens with zero attached hydrogens (tertiary/aromatic N) is 4. The van der Waals surface area contributed by atoms with E-state index in [9.17, 15) is 4.39 Å². The Bertz CT molecular complexity index is 670. The lowest BCUT2D eigenvalue weighted by molar-refractivity contribution is 0.603. The molecule has 2 heterocycles. The summed E-state index contributed by atoms with van der Waals surface area (Å²) in [6.07, 6.45) is 10.4. The molecule has 0 fully saturated rings. The van der Waals surface area contributed by atoms with Gasteiger partial charge in [0.15, 0.2) is 17.3 Å². The Hall–Kier alpha value is -2.43. The van der Waals surface area contributed by atoms with Gasteiger partial charge in [-0.1, -0.05) is 30.9 Å². The Morgan fingerprint density at radius 2 is 2.35 bits per heavy atom. The first-order valence-electron chi connectivity index (χ1n) is 6.31. The van der Waals surface area contributed by atoms with Gasteiger partial charge in [0.1, 0.15) is 0 Å². The number of rotatable bonds is 5. The second-order valence-electron chi connectivity index (χ2n) is 4.36. The van der Waals surface area contributed by atoms with Crippen molar-refractivity contribution in [3.8, 4) is 0 Å². The van der Waals surface area contributed by atoms with Gasteiger partial charge in [-0.15, -0.1) is 0 Å². The molecule has 5 heteroatoms. The van der Waals surface area contributed by atoms with Gasteiger partial charge in [0.25, 0.3) is 0 Å². The molecule has 104 valence electrons. The van der Waals surface area contributed by atoms with E-state index in [1.807, 2.05) is 32.2 Å². The molecule has 2 rings (SSSR count). The second kappa shape index (κ2) is 6.14. The average Bonchev–Trinajstić information content (AvgIpc) is 2.89. The summed E-state index contributed by atoms with van der Waals surface area (Å²) in [5.41, 5.74) is 1.68. The largest absolute Gasteiger partial charge is 0.353 e. The molecule has 0 aromatic carbocycles. The van der Waals surface area contributed by atoms with Crippen molar-refractivity contribution in [3.63, 3.8) is 0 Å². The third-order valence-electron chi connectivity index (χ3n) is 2.92. The first kappa shape index (κ1) is 14.0. The van der Waals surface area contributed by atoms with Crippen molar-refractivity contribution in [3.05, 3.63) is 60.7 Å². The summed E-state index contributed by atoms with van der Waals surface area (Å²) in [6.45, 7) is 6.15. The Balaban J connectivity index is 2.26. The molecule has 0 unspecified atom stereocenters. The third-order valence-corrected chi connectivity index (χ3v) is 2.92. The Labute approximate surface area is 117 Å². The van der Waals surface area contributed by atoms with E-state index in [-0.39, 0.29) is 0 Å². The molecule has 2 aromatic rings. The lowest BCUT2D eigenvalue weighted by Gasteiger charge is -2.19. The second-order valence-corrected chi connectivity index (χ2v) is 4.36. The summed E-state index contributed by atoms with van der Waals surface area (Å²) in [4.78, 5) is 6.05. The van der Waals surface area contributed by atoms with Crippen molar-refractivity contribution in [2.24, 2.45) is 0 Å². The molecule has 0 atom stereocenters. The number of hydrogen-bond acceptors (Lipinski definition) is 3. The maximum absolute atomic E-state index is 14.0. The summed E-state index contributed by atoms with van der Waals surface area (Å²) in [7, 11) is 1.81. The molecule has 4 nitrogen and oxygen atoms in total. The van der Waals surface area contributed by atoms with E-state index in [0.29, 0.717) is 18.0 Å². The van der Waals surface area contributed by atoms with Crippen molar-refractivity contribution in [1.82, 2.24) is 14.6 Å². The monoisotopic (exact) mass is 272 g/mol. The smallest absolute Gasteiger partial charge is 0.184 e. The minimum atomic E-state index is -0.396. The average molecular weight is 272 g/mol. The molecule has 0 spiro atoms. The molecule has 0 aliphatic carbocycles. The lowest BCUT2D eigenvalue weighted by atomic mass is 10.2. The van der Waals surface area contributed by atoms with Crippen LogP contribution in [0.15, 0.2) is 54.9 Å². The quantitative estimate of drug-likeness (QED) is 0.785. The van der Waals surface area contributed by atoms with Gasteiger partial charge in [0.05, 0.1) is 12.4 Å². The van der Waals surface area contributed by atoms with Crippen LogP contribution in [0.1, 0.15) is 6.92 Å². The molecule has 2 aromatic heterocycles. The van der Waals surface area contributed by atoms with E-state index in [1.54, 1.807) is 23.2 Å². The number of hydrogen-bond donors (Lipinski definition) is 0. The van der Waals surface area contributed by atoms with Crippen LogP contribution in [0.4, 0.5) is 10.2 Å². The van der Waals surface area contributed by atoms with Gasteiger partial charge in [0, 0.05) is 19.7 Å². The minimum absolute atomic E-state index is 0.310. The van der Waals surface area contributed by atoms with E-state index in [2.05, 4.69) is 16.7 Å². The van der Waals surface area contributed by atoms with Crippen molar-refractivity contribution in [1.29, 1.82) is 0 Å². The van der Waals surface area contributed by atoms with Gasteiger partial charge in [-0.05, 0) is 12.5 Å². The molecule has 0 N–H and O–H groups in total. The fourth-order valence-electron chi connectivity index (χ4n) is 1.87. The minimum Gasteiger partial charge on any atom is -0.353 e. The molecule has 0 saturated carbocycles. The summed E-state index contributed by atoms with van der Waals surface area (Å²) >= 11 is 0. The van der Waals surface area contributed by atoms with E-state index in [0.717, 1.165) is 5.57 Å². The van der Waals surface area contributed by atoms with Gasteiger partial charge < -0.3 is 4.90 Å². The van der Waals surface area contributed by atoms with Crippen molar-refractivity contribution in [2.45, 2.75) is 6.92 Å². The van der Waals surface area contributed by atoms with Crippen LogP contribution >= 0.6 is 0 Å². The predicted molar refractivity (Wildman–Crippen MR) is 79.3 cm³/mol. The van der Waals surface area contributed by atoms with E-state index in [1.165, 1.54) is 10.7 Å². The lowest BCUT2D eigenvalue weighted by Crippen LogP contribution is -2.22. The molecule has 0 aliphatic heterocycles. The number of aromatic nitrogens is 3. The molecule has 20 heavy (non-hydrogen) atoms. The van der Waals surface area contributed by atoms with Crippen LogP contribution in [0, 0.1) is 5.82 Å². The van der Waals surface area contributed by atoms with Crippen molar-refractivity contribution >= 4 is 11.5 Å². The van der Waals surface area contributed by atoms with Crippen molar-refractivity contribution in [2.75, 3.05) is 18.5 Å². The maximum atomic E-state index is 14.0. The molecule has 0 radical (unpaired) electrons. The fraction of sp³-hybridized carbons (Fsp3) is 0.200. The van der Waals surface area contributed by atoms with Gasteiger partial charge in [-0.2, -0.15) is 5.10 Å². The first-order chi connectivity index (χ1) is 9.65. The summed E-state index contributed by atoms with van der Waals surface area (Å²) in [5, 5.41) is 3.96. The fourth-order valence-corrected chi connectivity index (χ4v) is 1.87. The normalized spacial score (nSPS) is 12.2. The first-order valence-corrected chi connectivity index (χ1v) is 6.31. The van der Waals surface area contributed by atoms with Gasteiger partial charge >= 0.3 is 0 Å². The van der Waals surface area contributed by atoms with Crippen LogP contribution in [0.2, 0.25) is 0 Å².